The second kappa shape index (κ2) is 5.93. The summed E-state index contributed by atoms with van der Waals surface area (Å²) in [4.78, 5) is 15.0. The van der Waals surface area contributed by atoms with Gasteiger partial charge in [0.15, 0.2) is 10.8 Å². The van der Waals surface area contributed by atoms with Crippen LogP contribution in [0.3, 0.4) is 0 Å². The SMILES string of the molecule is Br.CCOC(=O)c1csc(NC)n1. The van der Waals surface area contributed by atoms with Gasteiger partial charge in [-0.05, 0) is 6.92 Å². The monoisotopic (exact) mass is 266 g/mol. The Balaban J connectivity index is 0.00000144. The number of anilines is 1. The van der Waals surface area contributed by atoms with Crippen molar-refractivity contribution in [3.8, 4) is 0 Å². The molecule has 1 rings (SSSR count). The molecule has 1 heterocycles. The predicted molar refractivity (Wildman–Crippen MR) is 57.9 cm³/mol. The van der Waals surface area contributed by atoms with E-state index in [4.69, 9.17) is 4.74 Å². The summed E-state index contributed by atoms with van der Waals surface area (Å²) in [6.07, 6.45) is 0. The summed E-state index contributed by atoms with van der Waals surface area (Å²) < 4.78 is 4.76. The molecule has 1 aromatic rings. The van der Waals surface area contributed by atoms with E-state index in [1.165, 1.54) is 11.3 Å². The largest absolute Gasteiger partial charge is 0.461 e. The van der Waals surface area contributed by atoms with E-state index in [9.17, 15) is 4.79 Å². The fraction of sp³-hybridized carbons (Fsp3) is 0.429. The molecule has 1 aromatic heterocycles. The van der Waals surface area contributed by atoms with Gasteiger partial charge in [0.2, 0.25) is 0 Å². The van der Waals surface area contributed by atoms with Crippen molar-refractivity contribution in [2.75, 3.05) is 19.0 Å². The van der Waals surface area contributed by atoms with Gasteiger partial charge in [-0.15, -0.1) is 28.3 Å². The second-order valence-corrected chi connectivity index (χ2v) is 2.87. The lowest BCUT2D eigenvalue weighted by atomic mass is 10.5. The van der Waals surface area contributed by atoms with Crippen molar-refractivity contribution < 1.29 is 9.53 Å². The third kappa shape index (κ3) is 3.31. The van der Waals surface area contributed by atoms with E-state index in [2.05, 4.69) is 10.3 Å². The molecule has 0 spiro atoms. The third-order valence-corrected chi connectivity index (χ3v) is 2.06. The summed E-state index contributed by atoms with van der Waals surface area (Å²) in [7, 11) is 1.76. The van der Waals surface area contributed by atoms with E-state index >= 15 is 0 Å². The number of rotatable bonds is 3. The first-order valence-corrected chi connectivity index (χ1v) is 4.46. The van der Waals surface area contributed by atoms with Gasteiger partial charge in [-0.3, -0.25) is 0 Å². The molecule has 0 aliphatic rings. The highest BCUT2D eigenvalue weighted by molar-refractivity contribution is 8.93. The Hall–Kier alpha value is -0.620. The van der Waals surface area contributed by atoms with Crippen LogP contribution in [-0.2, 0) is 4.74 Å². The topological polar surface area (TPSA) is 51.2 Å². The lowest BCUT2D eigenvalue weighted by Crippen LogP contribution is -2.04. The fourth-order valence-corrected chi connectivity index (χ4v) is 1.33. The molecule has 6 heteroatoms. The van der Waals surface area contributed by atoms with Crippen LogP contribution in [0.1, 0.15) is 17.4 Å². The normalized spacial score (nSPS) is 8.77. The Kier molecular flexibility index (Phi) is 5.65. The van der Waals surface area contributed by atoms with Crippen molar-refractivity contribution >= 4 is 39.4 Å². The molecule has 0 saturated heterocycles. The standard InChI is InChI=1S/C7H10N2O2S.BrH/c1-3-11-6(10)5-4-12-7(8-2)9-5;/h4H,3H2,1-2H3,(H,8,9);1H. The third-order valence-electron chi connectivity index (χ3n) is 1.20. The highest BCUT2D eigenvalue weighted by atomic mass is 79.9. The van der Waals surface area contributed by atoms with Gasteiger partial charge < -0.3 is 10.1 Å². The molecule has 1 N–H and O–H groups in total. The molecule has 0 atom stereocenters. The minimum atomic E-state index is -0.366. The fourth-order valence-electron chi connectivity index (χ4n) is 0.687. The number of carbonyl (C=O) groups excluding carboxylic acids is 1. The zero-order valence-electron chi connectivity index (χ0n) is 7.36. The summed E-state index contributed by atoms with van der Waals surface area (Å²) in [6.45, 7) is 2.15. The van der Waals surface area contributed by atoms with Crippen molar-refractivity contribution in [2.45, 2.75) is 6.92 Å². The van der Waals surface area contributed by atoms with Crippen LogP contribution in [0.25, 0.3) is 0 Å². The lowest BCUT2D eigenvalue weighted by molar-refractivity contribution is 0.0520. The molecule has 0 aliphatic heterocycles. The summed E-state index contributed by atoms with van der Waals surface area (Å²) in [5.74, 6) is -0.366. The Bertz CT molecular complexity index is 277. The average Bonchev–Trinajstić information content (AvgIpc) is 2.52. The molecule has 74 valence electrons. The van der Waals surface area contributed by atoms with Gasteiger partial charge in [-0.1, -0.05) is 0 Å². The van der Waals surface area contributed by atoms with E-state index in [-0.39, 0.29) is 23.0 Å². The maximum absolute atomic E-state index is 11.1. The highest BCUT2D eigenvalue weighted by Crippen LogP contribution is 2.14. The van der Waals surface area contributed by atoms with Crippen molar-refractivity contribution in [3.05, 3.63) is 11.1 Å². The number of aromatic nitrogens is 1. The van der Waals surface area contributed by atoms with Crippen LogP contribution in [0, 0.1) is 0 Å². The number of nitrogens with one attached hydrogen (secondary N) is 1. The summed E-state index contributed by atoms with van der Waals surface area (Å²) in [6, 6.07) is 0. The second-order valence-electron chi connectivity index (χ2n) is 2.01. The zero-order chi connectivity index (χ0) is 8.97. The van der Waals surface area contributed by atoms with Crippen LogP contribution in [0.5, 0.6) is 0 Å². The van der Waals surface area contributed by atoms with Gasteiger partial charge in [-0.25, -0.2) is 9.78 Å². The average molecular weight is 267 g/mol. The Morgan fingerprint density at radius 1 is 1.77 bits per heavy atom. The Morgan fingerprint density at radius 2 is 2.46 bits per heavy atom. The number of esters is 1. The van der Waals surface area contributed by atoms with Gasteiger partial charge in [0.25, 0.3) is 0 Å². The molecule has 4 nitrogen and oxygen atoms in total. The molecular weight excluding hydrogens is 256 g/mol. The summed E-state index contributed by atoms with van der Waals surface area (Å²) in [5, 5.41) is 5.23. The number of halogens is 1. The molecule has 0 aliphatic carbocycles. The van der Waals surface area contributed by atoms with Crippen LogP contribution in [-0.4, -0.2) is 24.6 Å². The number of carbonyl (C=O) groups is 1. The van der Waals surface area contributed by atoms with E-state index < -0.39 is 0 Å². The van der Waals surface area contributed by atoms with E-state index in [0.717, 1.165) is 5.13 Å². The van der Waals surface area contributed by atoms with Crippen molar-refractivity contribution in [3.63, 3.8) is 0 Å². The maximum Gasteiger partial charge on any atom is 0.357 e. The van der Waals surface area contributed by atoms with Gasteiger partial charge in [0.05, 0.1) is 6.61 Å². The quantitative estimate of drug-likeness (QED) is 0.850. The van der Waals surface area contributed by atoms with Crippen LogP contribution in [0.2, 0.25) is 0 Å². The van der Waals surface area contributed by atoms with E-state index in [0.29, 0.717) is 12.3 Å². The Morgan fingerprint density at radius 3 is 2.92 bits per heavy atom. The number of hydrogen-bond donors (Lipinski definition) is 1. The number of hydrogen-bond acceptors (Lipinski definition) is 5. The number of nitrogens with zero attached hydrogens (tertiary/aromatic N) is 1. The lowest BCUT2D eigenvalue weighted by Gasteiger charge is -1.95. The van der Waals surface area contributed by atoms with Crippen LogP contribution in [0.4, 0.5) is 5.13 Å². The number of thiazole rings is 1. The molecule has 0 bridgehead atoms. The van der Waals surface area contributed by atoms with Crippen LogP contribution >= 0.6 is 28.3 Å². The first-order valence-electron chi connectivity index (χ1n) is 3.58. The van der Waals surface area contributed by atoms with Crippen LogP contribution in [0.15, 0.2) is 5.38 Å². The highest BCUT2D eigenvalue weighted by Gasteiger charge is 2.09. The van der Waals surface area contributed by atoms with Gasteiger partial charge in [0.1, 0.15) is 0 Å². The Labute approximate surface area is 91.1 Å². The summed E-state index contributed by atoms with van der Waals surface area (Å²) in [5.41, 5.74) is 0.367. The molecule has 0 saturated carbocycles. The van der Waals surface area contributed by atoms with Gasteiger partial charge >= 0.3 is 5.97 Å². The molecule has 0 aromatic carbocycles. The predicted octanol–water partition coefficient (Wildman–Crippen LogP) is 1.94. The first-order chi connectivity index (χ1) is 5.77. The molecule has 0 radical (unpaired) electrons. The zero-order valence-corrected chi connectivity index (χ0v) is 9.89. The maximum atomic E-state index is 11.1. The number of ether oxygens (including phenoxy) is 1. The smallest absolute Gasteiger partial charge is 0.357 e. The van der Waals surface area contributed by atoms with E-state index in [1.807, 2.05) is 0 Å². The van der Waals surface area contributed by atoms with Gasteiger partial charge in [-0.2, -0.15) is 0 Å². The minimum Gasteiger partial charge on any atom is -0.461 e. The summed E-state index contributed by atoms with van der Waals surface area (Å²) >= 11 is 1.38. The molecule has 0 unspecified atom stereocenters. The van der Waals surface area contributed by atoms with Crippen LogP contribution < -0.4 is 5.32 Å². The molecule has 0 fully saturated rings. The van der Waals surface area contributed by atoms with Gasteiger partial charge in [0, 0.05) is 12.4 Å². The molecule has 0 amide bonds. The van der Waals surface area contributed by atoms with E-state index in [1.54, 1.807) is 19.4 Å². The van der Waals surface area contributed by atoms with Crippen molar-refractivity contribution in [1.29, 1.82) is 0 Å². The van der Waals surface area contributed by atoms with Crippen molar-refractivity contribution in [2.24, 2.45) is 0 Å². The first kappa shape index (κ1) is 12.4. The molecular formula is C7H11BrN2O2S. The van der Waals surface area contributed by atoms with Crippen molar-refractivity contribution in [1.82, 2.24) is 4.98 Å². The molecule has 13 heavy (non-hydrogen) atoms. The minimum absolute atomic E-state index is 0.